The smallest absolute Gasteiger partial charge is 0.255 e. The molecule has 0 unspecified atom stereocenters. The van der Waals surface area contributed by atoms with Crippen molar-refractivity contribution in [1.82, 2.24) is 4.98 Å². The number of carbonyl (C=O) groups excluding carboxylic acids is 1. The normalized spacial score (nSPS) is 10.4. The standard InChI is InChI=1S/C15H17N3O3/c1-9(2)21-15-12(4-3-7-17-15)18-14(20)10-5-6-11(16)13(19)8-10/h3-9,19H,16H2,1-2H3,(H,18,20). The summed E-state index contributed by atoms with van der Waals surface area (Å²) in [6.07, 6.45) is 1.53. The second-order valence-corrected chi connectivity index (χ2v) is 4.75. The Bertz CT molecular complexity index is 656. The van der Waals surface area contributed by atoms with E-state index in [1.165, 1.54) is 18.2 Å². The number of carbonyl (C=O) groups is 1. The van der Waals surface area contributed by atoms with Crippen molar-refractivity contribution in [3.05, 3.63) is 42.1 Å². The average molecular weight is 287 g/mol. The Hall–Kier alpha value is -2.76. The van der Waals surface area contributed by atoms with Gasteiger partial charge in [-0.3, -0.25) is 4.79 Å². The van der Waals surface area contributed by atoms with Crippen LogP contribution in [0.4, 0.5) is 11.4 Å². The van der Waals surface area contributed by atoms with Crippen molar-refractivity contribution in [2.24, 2.45) is 0 Å². The number of anilines is 2. The molecule has 1 amide bonds. The van der Waals surface area contributed by atoms with Crippen LogP contribution in [0.5, 0.6) is 11.6 Å². The molecule has 1 aromatic heterocycles. The Balaban J connectivity index is 2.21. The summed E-state index contributed by atoms with van der Waals surface area (Å²) in [6.45, 7) is 3.75. The van der Waals surface area contributed by atoms with Crippen LogP contribution in [0, 0.1) is 0 Å². The number of ether oxygens (including phenoxy) is 1. The minimum absolute atomic E-state index is 0.0591. The number of hydrogen-bond acceptors (Lipinski definition) is 5. The quantitative estimate of drug-likeness (QED) is 0.592. The maximum absolute atomic E-state index is 12.2. The van der Waals surface area contributed by atoms with Gasteiger partial charge in [0.15, 0.2) is 0 Å². The molecule has 4 N–H and O–H groups in total. The van der Waals surface area contributed by atoms with Crippen LogP contribution in [0.3, 0.4) is 0 Å². The summed E-state index contributed by atoms with van der Waals surface area (Å²) >= 11 is 0. The molecule has 0 saturated heterocycles. The molecule has 1 aromatic carbocycles. The van der Waals surface area contributed by atoms with Gasteiger partial charge in [0.25, 0.3) is 5.91 Å². The Morgan fingerprint density at radius 1 is 1.38 bits per heavy atom. The Labute approximate surface area is 122 Å². The van der Waals surface area contributed by atoms with Crippen LogP contribution in [0.25, 0.3) is 0 Å². The molecule has 0 fully saturated rings. The predicted molar refractivity (Wildman–Crippen MR) is 80.5 cm³/mol. The highest BCUT2D eigenvalue weighted by Gasteiger charge is 2.12. The number of nitrogens with two attached hydrogens (primary N) is 1. The third-order valence-corrected chi connectivity index (χ3v) is 2.66. The first-order chi connectivity index (χ1) is 9.97. The van der Waals surface area contributed by atoms with Crippen molar-refractivity contribution in [3.8, 4) is 11.6 Å². The van der Waals surface area contributed by atoms with Crippen molar-refractivity contribution in [2.75, 3.05) is 11.1 Å². The summed E-state index contributed by atoms with van der Waals surface area (Å²) in [5.41, 5.74) is 6.49. The van der Waals surface area contributed by atoms with Crippen molar-refractivity contribution in [3.63, 3.8) is 0 Å². The minimum Gasteiger partial charge on any atom is -0.506 e. The molecular formula is C15H17N3O3. The van der Waals surface area contributed by atoms with Crippen LogP contribution in [-0.4, -0.2) is 22.1 Å². The topological polar surface area (TPSA) is 97.5 Å². The fourth-order valence-electron chi connectivity index (χ4n) is 1.68. The molecular weight excluding hydrogens is 270 g/mol. The molecule has 0 bridgehead atoms. The summed E-state index contributed by atoms with van der Waals surface area (Å²) in [7, 11) is 0. The van der Waals surface area contributed by atoms with E-state index in [-0.39, 0.29) is 23.4 Å². The average Bonchev–Trinajstić information content (AvgIpc) is 2.43. The van der Waals surface area contributed by atoms with Gasteiger partial charge in [-0.25, -0.2) is 4.98 Å². The lowest BCUT2D eigenvalue weighted by Crippen LogP contribution is -2.15. The van der Waals surface area contributed by atoms with Crippen LogP contribution in [0.15, 0.2) is 36.5 Å². The van der Waals surface area contributed by atoms with E-state index in [4.69, 9.17) is 10.5 Å². The zero-order valence-electron chi connectivity index (χ0n) is 11.8. The van der Waals surface area contributed by atoms with Gasteiger partial charge in [0.1, 0.15) is 11.4 Å². The summed E-state index contributed by atoms with van der Waals surface area (Å²) < 4.78 is 5.53. The Morgan fingerprint density at radius 2 is 2.14 bits per heavy atom. The van der Waals surface area contributed by atoms with Gasteiger partial charge in [0.05, 0.1) is 11.8 Å². The molecule has 1 heterocycles. The molecule has 0 aliphatic rings. The molecule has 110 valence electrons. The van der Waals surface area contributed by atoms with E-state index in [2.05, 4.69) is 10.3 Å². The van der Waals surface area contributed by atoms with Gasteiger partial charge in [0.2, 0.25) is 5.88 Å². The first-order valence-electron chi connectivity index (χ1n) is 6.49. The van der Waals surface area contributed by atoms with E-state index in [0.717, 1.165) is 0 Å². The van der Waals surface area contributed by atoms with Gasteiger partial charge in [-0.2, -0.15) is 0 Å². The van der Waals surface area contributed by atoms with E-state index in [9.17, 15) is 9.90 Å². The SMILES string of the molecule is CC(C)Oc1ncccc1NC(=O)c1ccc(N)c(O)c1. The summed E-state index contributed by atoms with van der Waals surface area (Å²) in [5, 5.41) is 12.2. The zero-order chi connectivity index (χ0) is 15.4. The maximum atomic E-state index is 12.2. The number of aromatic nitrogens is 1. The molecule has 2 rings (SSSR count). The highest BCUT2D eigenvalue weighted by Crippen LogP contribution is 2.24. The number of phenols is 1. The Morgan fingerprint density at radius 3 is 2.81 bits per heavy atom. The number of rotatable bonds is 4. The molecule has 2 aromatic rings. The van der Waals surface area contributed by atoms with Gasteiger partial charge < -0.3 is 20.9 Å². The van der Waals surface area contributed by atoms with E-state index < -0.39 is 0 Å². The van der Waals surface area contributed by atoms with E-state index >= 15 is 0 Å². The molecule has 0 aliphatic heterocycles. The minimum atomic E-state index is -0.382. The molecule has 6 heteroatoms. The lowest BCUT2D eigenvalue weighted by Gasteiger charge is -2.13. The van der Waals surface area contributed by atoms with Crippen molar-refractivity contribution >= 4 is 17.3 Å². The predicted octanol–water partition coefficient (Wildman–Crippen LogP) is 2.41. The summed E-state index contributed by atoms with van der Waals surface area (Å²) in [4.78, 5) is 16.3. The first-order valence-corrected chi connectivity index (χ1v) is 6.49. The molecule has 6 nitrogen and oxygen atoms in total. The van der Waals surface area contributed by atoms with Gasteiger partial charge >= 0.3 is 0 Å². The number of benzene rings is 1. The number of nitrogens with zero attached hydrogens (tertiary/aromatic N) is 1. The Kier molecular flexibility index (Phi) is 4.27. The van der Waals surface area contributed by atoms with E-state index in [1.54, 1.807) is 18.3 Å². The van der Waals surface area contributed by atoms with Crippen LogP contribution in [0.2, 0.25) is 0 Å². The summed E-state index contributed by atoms with van der Waals surface area (Å²) in [5.74, 6) is -0.167. The highest BCUT2D eigenvalue weighted by molar-refractivity contribution is 6.05. The van der Waals surface area contributed by atoms with Crippen LogP contribution in [0.1, 0.15) is 24.2 Å². The lowest BCUT2D eigenvalue weighted by molar-refractivity contribution is 0.102. The number of aromatic hydroxyl groups is 1. The number of phenolic OH excluding ortho intramolecular Hbond substituents is 1. The first kappa shape index (κ1) is 14.6. The fraction of sp³-hybridized carbons (Fsp3) is 0.200. The molecule has 21 heavy (non-hydrogen) atoms. The van der Waals surface area contributed by atoms with Crippen molar-refractivity contribution < 1.29 is 14.6 Å². The molecule has 0 radical (unpaired) electrons. The van der Waals surface area contributed by atoms with Gasteiger partial charge in [-0.15, -0.1) is 0 Å². The molecule has 0 saturated carbocycles. The van der Waals surface area contributed by atoms with Gasteiger partial charge in [-0.1, -0.05) is 0 Å². The number of hydrogen-bond donors (Lipinski definition) is 3. The van der Waals surface area contributed by atoms with Crippen LogP contribution < -0.4 is 15.8 Å². The molecule has 0 atom stereocenters. The monoisotopic (exact) mass is 287 g/mol. The number of amides is 1. The number of nitrogen functional groups attached to an aromatic ring is 1. The third-order valence-electron chi connectivity index (χ3n) is 2.66. The maximum Gasteiger partial charge on any atom is 0.255 e. The fourth-order valence-corrected chi connectivity index (χ4v) is 1.68. The second-order valence-electron chi connectivity index (χ2n) is 4.75. The van der Waals surface area contributed by atoms with E-state index in [0.29, 0.717) is 17.1 Å². The molecule has 0 aliphatic carbocycles. The van der Waals surface area contributed by atoms with Crippen molar-refractivity contribution in [2.45, 2.75) is 20.0 Å². The number of nitrogens with one attached hydrogen (secondary N) is 1. The lowest BCUT2D eigenvalue weighted by atomic mass is 10.1. The highest BCUT2D eigenvalue weighted by atomic mass is 16.5. The third kappa shape index (κ3) is 3.62. The summed E-state index contributed by atoms with van der Waals surface area (Å²) in [6, 6.07) is 7.70. The second kappa shape index (κ2) is 6.13. The largest absolute Gasteiger partial charge is 0.506 e. The van der Waals surface area contributed by atoms with Crippen LogP contribution >= 0.6 is 0 Å². The van der Waals surface area contributed by atoms with Gasteiger partial charge in [-0.05, 0) is 44.2 Å². The van der Waals surface area contributed by atoms with Gasteiger partial charge in [0, 0.05) is 11.8 Å². The number of pyridine rings is 1. The zero-order valence-corrected chi connectivity index (χ0v) is 11.8. The van der Waals surface area contributed by atoms with E-state index in [1.807, 2.05) is 13.8 Å². The van der Waals surface area contributed by atoms with Crippen molar-refractivity contribution in [1.29, 1.82) is 0 Å². The molecule has 0 spiro atoms. The van der Waals surface area contributed by atoms with Crippen LogP contribution in [-0.2, 0) is 0 Å².